The first-order valence-corrected chi connectivity index (χ1v) is 15.4. The highest BCUT2D eigenvalue weighted by molar-refractivity contribution is 5.86. The summed E-state index contributed by atoms with van der Waals surface area (Å²) in [5.41, 5.74) is 1.88. The van der Waals surface area contributed by atoms with E-state index in [1.54, 1.807) is 0 Å². The molecular formula is C33H52O6. The molecule has 1 aliphatic rings. The highest BCUT2D eigenvalue weighted by Gasteiger charge is 2.48. The Kier molecular flexibility index (Phi) is 14.8. The van der Waals surface area contributed by atoms with Gasteiger partial charge in [-0.1, -0.05) is 83.7 Å². The molecule has 0 aromatic heterocycles. The van der Waals surface area contributed by atoms with Gasteiger partial charge < -0.3 is 28.8 Å². The van der Waals surface area contributed by atoms with Gasteiger partial charge in [0, 0.05) is 26.4 Å². The molecule has 5 atom stereocenters. The average molecular weight is 545 g/mol. The van der Waals surface area contributed by atoms with E-state index in [1.807, 2.05) is 12.1 Å². The summed E-state index contributed by atoms with van der Waals surface area (Å²) in [6.07, 6.45) is 6.65. The van der Waals surface area contributed by atoms with Crippen LogP contribution in [0.1, 0.15) is 96.3 Å². The first-order valence-electron chi connectivity index (χ1n) is 15.4. The highest BCUT2D eigenvalue weighted by atomic mass is 16.6. The van der Waals surface area contributed by atoms with Gasteiger partial charge in [0.15, 0.2) is 0 Å². The zero-order chi connectivity index (χ0) is 27.9. The van der Waals surface area contributed by atoms with Crippen LogP contribution < -0.4 is 0 Å². The molecule has 1 aliphatic heterocycles. The Morgan fingerprint density at radius 1 is 0.718 bits per heavy atom. The molecule has 1 saturated heterocycles. The average Bonchev–Trinajstić information content (AvgIpc) is 2.96. The fraction of sp³-hybridized carbons (Fsp3) is 0.697. The van der Waals surface area contributed by atoms with Crippen molar-refractivity contribution in [2.75, 3.05) is 33.0 Å². The quantitative estimate of drug-likeness (QED) is 0.190. The van der Waals surface area contributed by atoms with Gasteiger partial charge in [-0.25, -0.2) is 0 Å². The standard InChI is InChI=1S/C33H52O6/c1-5-9-17-35-24-29-31(36-18-10-6-2)33(38-20-12-8-4)32(37-19-11-7-3)30(39-29)26-21-25-15-13-14-16-28(25)27(22-26)23-34/h13-16,21-22,29-34H,5-12,17-20,23-24H2,1-4H3/t29-,30?,31-,32+,33+/m1/s1. The molecule has 6 heteroatoms. The third-order valence-electron chi connectivity index (χ3n) is 7.45. The van der Waals surface area contributed by atoms with Gasteiger partial charge in [-0.3, -0.25) is 0 Å². The maximum Gasteiger partial charge on any atom is 0.117 e. The Morgan fingerprint density at radius 3 is 1.95 bits per heavy atom. The minimum Gasteiger partial charge on any atom is -0.392 e. The Labute approximate surface area is 236 Å². The molecule has 0 saturated carbocycles. The van der Waals surface area contributed by atoms with E-state index in [1.165, 1.54) is 0 Å². The third kappa shape index (κ3) is 9.24. The molecule has 1 unspecified atom stereocenters. The van der Waals surface area contributed by atoms with Gasteiger partial charge in [0.25, 0.3) is 0 Å². The molecule has 0 amide bonds. The number of rotatable bonds is 19. The smallest absolute Gasteiger partial charge is 0.117 e. The second-order valence-electron chi connectivity index (χ2n) is 10.6. The van der Waals surface area contributed by atoms with E-state index < -0.39 is 0 Å². The number of hydrogen-bond acceptors (Lipinski definition) is 6. The maximum atomic E-state index is 10.2. The first kappa shape index (κ1) is 32.0. The van der Waals surface area contributed by atoms with E-state index in [2.05, 4.69) is 52.0 Å². The maximum absolute atomic E-state index is 10.2. The molecular weight excluding hydrogens is 492 g/mol. The largest absolute Gasteiger partial charge is 0.392 e. The van der Waals surface area contributed by atoms with Crippen molar-refractivity contribution < 1.29 is 28.8 Å². The van der Waals surface area contributed by atoms with Crippen LogP contribution in [0, 0.1) is 0 Å². The predicted molar refractivity (Wildman–Crippen MR) is 157 cm³/mol. The molecule has 1 heterocycles. The third-order valence-corrected chi connectivity index (χ3v) is 7.45. The second kappa shape index (κ2) is 18.0. The van der Waals surface area contributed by atoms with E-state index >= 15 is 0 Å². The molecule has 0 radical (unpaired) electrons. The molecule has 2 aromatic carbocycles. The zero-order valence-electron chi connectivity index (χ0n) is 24.7. The summed E-state index contributed by atoms with van der Waals surface area (Å²) in [5, 5.41) is 12.4. The summed E-state index contributed by atoms with van der Waals surface area (Å²) >= 11 is 0. The first-order chi connectivity index (χ1) is 19.2. The van der Waals surface area contributed by atoms with Gasteiger partial charge in [0.05, 0.1) is 13.2 Å². The molecule has 6 nitrogen and oxygen atoms in total. The highest BCUT2D eigenvalue weighted by Crippen LogP contribution is 2.39. The monoisotopic (exact) mass is 544 g/mol. The minimum atomic E-state index is -0.366. The number of hydrogen-bond donors (Lipinski definition) is 1. The number of aliphatic hydroxyl groups is 1. The van der Waals surface area contributed by atoms with E-state index in [0.717, 1.165) is 73.3 Å². The Morgan fingerprint density at radius 2 is 1.31 bits per heavy atom. The topological polar surface area (TPSA) is 66.4 Å². The predicted octanol–water partition coefficient (Wildman–Crippen LogP) is 7.14. The SMILES string of the molecule is CCCCOC[C@H]1OC(c2cc(CO)c3ccccc3c2)[C@H](OCCCC)[C@@H](OCCCC)[C@@H]1OCCCC. The zero-order valence-corrected chi connectivity index (χ0v) is 24.7. The van der Waals surface area contributed by atoms with Crippen LogP contribution in [-0.2, 0) is 30.3 Å². The fourth-order valence-electron chi connectivity index (χ4n) is 5.14. The molecule has 1 N–H and O–H groups in total. The van der Waals surface area contributed by atoms with Gasteiger partial charge in [0.2, 0.25) is 0 Å². The van der Waals surface area contributed by atoms with Crippen LogP contribution >= 0.6 is 0 Å². The molecule has 0 bridgehead atoms. The lowest BCUT2D eigenvalue weighted by Crippen LogP contribution is -2.58. The van der Waals surface area contributed by atoms with Crippen molar-refractivity contribution in [2.45, 2.75) is 116 Å². The van der Waals surface area contributed by atoms with Gasteiger partial charge in [-0.2, -0.15) is 0 Å². The normalized spacial score (nSPS) is 23.5. The van der Waals surface area contributed by atoms with Crippen LogP contribution in [-0.4, -0.2) is 62.6 Å². The summed E-state index contributed by atoms with van der Waals surface area (Å²) in [5.74, 6) is 0. The van der Waals surface area contributed by atoms with Crippen molar-refractivity contribution in [2.24, 2.45) is 0 Å². The number of aliphatic hydroxyl groups excluding tert-OH is 1. The molecule has 2 aromatic rings. The number of benzene rings is 2. The Hall–Kier alpha value is -1.54. The van der Waals surface area contributed by atoms with Crippen LogP contribution in [0.25, 0.3) is 10.8 Å². The minimum absolute atomic E-state index is 0.0365. The van der Waals surface area contributed by atoms with Crippen molar-refractivity contribution in [3.05, 3.63) is 47.5 Å². The van der Waals surface area contributed by atoms with Crippen LogP contribution in [0.15, 0.2) is 36.4 Å². The van der Waals surface area contributed by atoms with E-state index in [4.69, 9.17) is 23.7 Å². The molecule has 1 fully saturated rings. The lowest BCUT2D eigenvalue weighted by molar-refractivity contribution is -0.268. The summed E-state index contributed by atoms with van der Waals surface area (Å²) in [4.78, 5) is 0. The van der Waals surface area contributed by atoms with Gasteiger partial charge in [-0.15, -0.1) is 0 Å². The van der Waals surface area contributed by atoms with Gasteiger partial charge in [-0.05, 0) is 53.6 Å². The van der Waals surface area contributed by atoms with E-state index in [-0.39, 0.29) is 37.1 Å². The van der Waals surface area contributed by atoms with Gasteiger partial charge in [0.1, 0.15) is 30.5 Å². The van der Waals surface area contributed by atoms with E-state index in [9.17, 15) is 5.11 Å². The fourth-order valence-corrected chi connectivity index (χ4v) is 5.14. The van der Waals surface area contributed by atoms with Crippen molar-refractivity contribution in [3.8, 4) is 0 Å². The molecule has 39 heavy (non-hydrogen) atoms. The molecule has 3 rings (SSSR count). The van der Waals surface area contributed by atoms with E-state index in [0.29, 0.717) is 33.0 Å². The van der Waals surface area contributed by atoms with Crippen molar-refractivity contribution in [1.82, 2.24) is 0 Å². The van der Waals surface area contributed by atoms with Crippen LogP contribution in [0.2, 0.25) is 0 Å². The molecule has 0 spiro atoms. The van der Waals surface area contributed by atoms with Crippen LogP contribution in [0.4, 0.5) is 0 Å². The Balaban J connectivity index is 2.02. The number of ether oxygens (including phenoxy) is 5. The molecule has 0 aliphatic carbocycles. The van der Waals surface area contributed by atoms with Crippen LogP contribution in [0.3, 0.4) is 0 Å². The van der Waals surface area contributed by atoms with Crippen molar-refractivity contribution >= 4 is 10.8 Å². The molecule has 220 valence electrons. The summed E-state index contributed by atoms with van der Waals surface area (Å²) in [7, 11) is 0. The van der Waals surface area contributed by atoms with Gasteiger partial charge >= 0.3 is 0 Å². The lowest BCUT2D eigenvalue weighted by Gasteiger charge is -2.46. The van der Waals surface area contributed by atoms with Crippen molar-refractivity contribution in [3.63, 3.8) is 0 Å². The Bertz CT molecular complexity index is 934. The second-order valence-corrected chi connectivity index (χ2v) is 10.6. The summed E-state index contributed by atoms with van der Waals surface area (Å²) < 4.78 is 32.8. The van der Waals surface area contributed by atoms with Crippen molar-refractivity contribution in [1.29, 1.82) is 0 Å². The van der Waals surface area contributed by atoms with Crippen LogP contribution in [0.5, 0.6) is 0 Å². The number of fused-ring (bicyclic) bond motifs is 1. The summed E-state index contributed by atoms with van der Waals surface area (Å²) in [6.45, 7) is 11.7. The number of unbranched alkanes of at least 4 members (excludes halogenated alkanes) is 4. The summed E-state index contributed by atoms with van der Waals surface area (Å²) in [6, 6.07) is 12.4. The lowest BCUT2D eigenvalue weighted by atomic mass is 9.88.